The molecular weight excluding hydrogens is 588 g/mol. The van der Waals surface area contributed by atoms with Crippen LogP contribution in [0.4, 0.5) is 0 Å². The zero-order chi connectivity index (χ0) is 32.5. The van der Waals surface area contributed by atoms with Gasteiger partial charge in [-0.2, -0.15) is 5.10 Å². The standard InChI is InChI=1S/C34H41N4O6Si/c1-41-30-15-13-24-26-18-31(42-2)34(44-4)33(43-3)25(26)12-14-28(27(24)17-29(30)39)36-20-22(38-35)9-16-32(40)37-19-21-7-10-23(11-8-21)45(5)6/h7-8,10-11,13,15,17-18,20,28H,9,12,14,16,19,35H2,1-6H3,(H,37,40)/t28-/m0/s1. The molecule has 1 atom stereocenters. The lowest BCUT2D eigenvalue weighted by atomic mass is 9.96. The van der Waals surface area contributed by atoms with Gasteiger partial charge < -0.3 is 30.1 Å². The van der Waals surface area contributed by atoms with E-state index in [2.05, 4.69) is 47.8 Å². The van der Waals surface area contributed by atoms with Crippen LogP contribution in [0.3, 0.4) is 0 Å². The molecule has 1 aliphatic rings. The van der Waals surface area contributed by atoms with Crippen molar-refractivity contribution < 1.29 is 23.7 Å². The average Bonchev–Trinajstić information content (AvgIpc) is 3.30. The number of benzene rings is 2. The van der Waals surface area contributed by atoms with Gasteiger partial charge >= 0.3 is 0 Å². The number of ether oxygens (including phenoxy) is 4. The third-order valence-corrected chi connectivity index (χ3v) is 9.40. The van der Waals surface area contributed by atoms with Crippen LogP contribution in [0.15, 0.2) is 63.4 Å². The van der Waals surface area contributed by atoms with Crippen molar-refractivity contribution in [3.05, 3.63) is 75.4 Å². The second-order valence-electron chi connectivity index (χ2n) is 10.9. The number of nitrogens with two attached hydrogens (primary N) is 1. The predicted octanol–water partition coefficient (Wildman–Crippen LogP) is 4.18. The fraction of sp³-hybridized carbons (Fsp3) is 0.353. The molecule has 0 fully saturated rings. The quantitative estimate of drug-likeness (QED) is 0.133. The first-order valence-corrected chi connectivity index (χ1v) is 17.2. The SMILES string of the molecule is COc1cc2c(c(OC)c1OC)CC[C@H](N=CC(CCC(=O)NCc1ccc([Si](C)C)cc1)=NN)c1cc(=O)c(OC)ccc1-2. The third kappa shape index (κ3) is 7.72. The van der Waals surface area contributed by atoms with Crippen LogP contribution in [0, 0.1) is 0 Å². The van der Waals surface area contributed by atoms with Crippen molar-refractivity contribution in [1.82, 2.24) is 5.32 Å². The highest BCUT2D eigenvalue weighted by Crippen LogP contribution is 2.49. The Morgan fingerprint density at radius 3 is 2.27 bits per heavy atom. The highest BCUT2D eigenvalue weighted by Gasteiger charge is 2.28. The Morgan fingerprint density at radius 2 is 1.64 bits per heavy atom. The number of carbonyl (C=O) groups is 1. The van der Waals surface area contributed by atoms with Gasteiger partial charge in [0.05, 0.1) is 49.0 Å². The predicted molar refractivity (Wildman–Crippen MR) is 180 cm³/mol. The highest BCUT2D eigenvalue weighted by atomic mass is 28.3. The number of hydrazone groups is 1. The van der Waals surface area contributed by atoms with Crippen molar-refractivity contribution in [2.75, 3.05) is 28.4 Å². The minimum Gasteiger partial charge on any atom is -0.493 e. The van der Waals surface area contributed by atoms with Gasteiger partial charge in [-0.05, 0) is 53.3 Å². The number of amides is 1. The summed E-state index contributed by atoms with van der Waals surface area (Å²) < 4.78 is 22.4. The van der Waals surface area contributed by atoms with E-state index in [9.17, 15) is 9.59 Å². The number of hydrogen-bond acceptors (Lipinski definition) is 9. The Kier molecular flexibility index (Phi) is 11.4. The normalized spacial score (nSPS) is 14.4. The molecule has 0 aliphatic heterocycles. The summed E-state index contributed by atoms with van der Waals surface area (Å²) in [6.45, 7) is 4.95. The van der Waals surface area contributed by atoms with E-state index in [0.29, 0.717) is 54.3 Å². The van der Waals surface area contributed by atoms with Crippen molar-refractivity contribution in [2.24, 2.45) is 15.9 Å². The van der Waals surface area contributed by atoms with Gasteiger partial charge in [0.1, 0.15) is 0 Å². The summed E-state index contributed by atoms with van der Waals surface area (Å²) >= 11 is 0. The van der Waals surface area contributed by atoms with Crippen LogP contribution in [0.1, 0.15) is 42.0 Å². The summed E-state index contributed by atoms with van der Waals surface area (Å²) in [5.74, 6) is 7.39. The smallest absolute Gasteiger partial charge is 0.220 e. The molecule has 1 aliphatic carbocycles. The molecule has 0 aromatic heterocycles. The van der Waals surface area contributed by atoms with E-state index in [1.165, 1.54) is 12.3 Å². The molecule has 45 heavy (non-hydrogen) atoms. The second-order valence-corrected chi connectivity index (χ2v) is 13.5. The van der Waals surface area contributed by atoms with Gasteiger partial charge in [0.25, 0.3) is 0 Å². The number of nitrogens with zero attached hydrogens (tertiary/aromatic N) is 2. The fourth-order valence-electron chi connectivity index (χ4n) is 5.44. The van der Waals surface area contributed by atoms with Crippen LogP contribution in [0.2, 0.25) is 13.1 Å². The van der Waals surface area contributed by atoms with Crippen molar-refractivity contribution in [2.45, 2.75) is 51.4 Å². The van der Waals surface area contributed by atoms with Crippen LogP contribution >= 0.6 is 0 Å². The molecule has 0 bridgehead atoms. The number of hydrogen-bond donors (Lipinski definition) is 2. The van der Waals surface area contributed by atoms with Crippen LogP contribution in [-0.2, 0) is 17.8 Å². The molecule has 0 heterocycles. The number of carbonyl (C=O) groups excluding carboxylic acids is 1. The van der Waals surface area contributed by atoms with Crippen LogP contribution < -0.4 is 40.7 Å². The third-order valence-electron chi connectivity index (χ3n) is 7.91. The Balaban J connectivity index is 1.57. The van der Waals surface area contributed by atoms with E-state index in [1.54, 1.807) is 39.7 Å². The first-order chi connectivity index (χ1) is 21.7. The molecule has 3 aromatic rings. The first kappa shape index (κ1) is 33.3. The van der Waals surface area contributed by atoms with Crippen LogP contribution in [0.25, 0.3) is 11.1 Å². The van der Waals surface area contributed by atoms with Gasteiger partial charge in [0, 0.05) is 31.2 Å². The highest BCUT2D eigenvalue weighted by molar-refractivity contribution is 6.70. The summed E-state index contributed by atoms with van der Waals surface area (Å²) in [4.78, 5) is 30.6. The molecule has 237 valence electrons. The maximum atomic E-state index is 13.1. The molecule has 10 nitrogen and oxygen atoms in total. The summed E-state index contributed by atoms with van der Waals surface area (Å²) in [5.41, 5.74) is 4.52. The van der Waals surface area contributed by atoms with Crippen molar-refractivity contribution in [1.29, 1.82) is 0 Å². The zero-order valence-electron chi connectivity index (χ0n) is 26.7. The lowest BCUT2D eigenvalue weighted by Gasteiger charge is -2.18. The number of aliphatic imine (C=N–C) groups is 1. The van der Waals surface area contributed by atoms with E-state index in [1.807, 2.05) is 12.1 Å². The molecule has 4 rings (SSSR count). The monoisotopic (exact) mass is 629 g/mol. The maximum absolute atomic E-state index is 13.1. The molecular formula is C34H41N4O6Si. The fourth-order valence-corrected chi connectivity index (χ4v) is 6.27. The molecule has 3 N–H and O–H groups in total. The minimum absolute atomic E-state index is 0.107. The zero-order valence-corrected chi connectivity index (χ0v) is 27.7. The minimum atomic E-state index is -0.505. The van der Waals surface area contributed by atoms with Gasteiger partial charge in [-0.15, -0.1) is 0 Å². The summed E-state index contributed by atoms with van der Waals surface area (Å²) in [6.07, 6.45) is 3.26. The number of nitrogens with one attached hydrogen (secondary N) is 1. The number of rotatable bonds is 12. The summed E-state index contributed by atoms with van der Waals surface area (Å²) in [7, 11) is 5.68. The molecule has 11 heteroatoms. The van der Waals surface area contributed by atoms with Crippen molar-refractivity contribution in [3.63, 3.8) is 0 Å². The van der Waals surface area contributed by atoms with E-state index in [0.717, 1.165) is 22.3 Å². The molecule has 3 aromatic carbocycles. The van der Waals surface area contributed by atoms with Crippen LogP contribution in [-0.4, -0.2) is 55.1 Å². The largest absolute Gasteiger partial charge is 0.493 e. The summed E-state index contributed by atoms with van der Waals surface area (Å²) in [6, 6.07) is 14.9. The topological polar surface area (TPSA) is 134 Å². The molecule has 1 amide bonds. The lowest BCUT2D eigenvalue weighted by Crippen LogP contribution is -2.25. The van der Waals surface area contributed by atoms with E-state index >= 15 is 0 Å². The molecule has 0 unspecified atom stereocenters. The first-order valence-electron chi connectivity index (χ1n) is 14.7. The number of fused-ring (bicyclic) bond motifs is 3. The van der Waals surface area contributed by atoms with Gasteiger partial charge in [0.2, 0.25) is 17.1 Å². The lowest BCUT2D eigenvalue weighted by molar-refractivity contribution is -0.121. The van der Waals surface area contributed by atoms with E-state index in [4.69, 9.17) is 29.8 Å². The Morgan fingerprint density at radius 1 is 0.933 bits per heavy atom. The average molecular weight is 630 g/mol. The van der Waals surface area contributed by atoms with Gasteiger partial charge in [-0.1, -0.05) is 48.6 Å². The van der Waals surface area contributed by atoms with Gasteiger partial charge in [-0.3, -0.25) is 14.6 Å². The Bertz CT molecular complexity index is 1640. The van der Waals surface area contributed by atoms with Gasteiger partial charge in [-0.25, -0.2) is 0 Å². The number of methoxy groups -OCH3 is 4. The molecule has 0 saturated heterocycles. The maximum Gasteiger partial charge on any atom is 0.220 e. The molecule has 0 spiro atoms. The second kappa shape index (κ2) is 15.4. The van der Waals surface area contributed by atoms with E-state index < -0.39 is 14.8 Å². The van der Waals surface area contributed by atoms with Gasteiger partial charge in [0.15, 0.2) is 17.2 Å². The summed E-state index contributed by atoms with van der Waals surface area (Å²) in [5, 5.41) is 8.21. The van der Waals surface area contributed by atoms with Crippen molar-refractivity contribution in [3.8, 4) is 34.1 Å². The Labute approximate surface area is 265 Å². The molecule has 0 saturated carbocycles. The molecule has 1 radical (unpaired) electrons. The van der Waals surface area contributed by atoms with E-state index in [-0.39, 0.29) is 23.5 Å². The Hall–Kier alpha value is -4.64. The van der Waals surface area contributed by atoms with Crippen LogP contribution in [0.5, 0.6) is 23.0 Å². The van der Waals surface area contributed by atoms with Crippen molar-refractivity contribution >= 4 is 31.8 Å².